The van der Waals surface area contributed by atoms with Gasteiger partial charge in [-0.05, 0) is 0 Å². The molecule has 1 saturated heterocycles. The minimum atomic E-state index is -0.999. The van der Waals surface area contributed by atoms with Gasteiger partial charge < -0.3 is 0 Å². The van der Waals surface area contributed by atoms with E-state index in [1.807, 2.05) is 0 Å². The molecule has 1 heterocycles. The zero-order chi connectivity index (χ0) is 9.84. The van der Waals surface area contributed by atoms with E-state index in [1.165, 1.54) is 0 Å². The van der Waals surface area contributed by atoms with Gasteiger partial charge >= 0.3 is 76.3 Å². The molecular formula is C7H11BNO4. The molecule has 1 aliphatic rings. The number of Topliss-reactive ketones (excluding diaryl/α,β-unsaturated/α-hetero) is 1. The predicted molar refractivity (Wildman–Crippen MR) is 44.3 cm³/mol. The van der Waals surface area contributed by atoms with Gasteiger partial charge in [0, 0.05) is 0 Å². The third-order valence-corrected chi connectivity index (χ3v) is 1.93. The van der Waals surface area contributed by atoms with E-state index in [2.05, 4.69) is 4.90 Å². The van der Waals surface area contributed by atoms with Crippen LogP contribution in [0.2, 0.25) is 0 Å². The van der Waals surface area contributed by atoms with Crippen LogP contribution in [0, 0.1) is 0 Å². The van der Waals surface area contributed by atoms with Gasteiger partial charge in [0.2, 0.25) is 0 Å². The maximum absolute atomic E-state index is 11.2. The number of ketones is 1. The monoisotopic (exact) mass is 184 g/mol. The summed E-state index contributed by atoms with van der Waals surface area (Å²) in [6.45, 7) is 1.60. The topological polar surface area (TPSA) is 68.1 Å². The van der Waals surface area contributed by atoms with Crippen LogP contribution in [0.15, 0.2) is 4.90 Å². The number of hydrogen-bond donors (Lipinski definition) is 1. The van der Waals surface area contributed by atoms with Crippen molar-refractivity contribution in [1.29, 1.82) is 0 Å². The summed E-state index contributed by atoms with van der Waals surface area (Å²) in [6, 6.07) is -0.521. The molecule has 1 radical (unpaired) electrons. The molecule has 0 saturated carbocycles. The fourth-order valence-electron chi connectivity index (χ4n) is 1.07. The van der Waals surface area contributed by atoms with E-state index in [1.54, 1.807) is 6.92 Å². The second-order valence-corrected chi connectivity index (χ2v) is 2.90. The quantitative estimate of drug-likeness (QED) is 0.573. The Morgan fingerprint density at radius 2 is 2.46 bits per heavy atom. The van der Waals surface area contributed by atoms with Crippen LogP contribution < -0.4 is 0 Å². The van der Waals surface area contributed by atoms with Crippen molar-refractivity contribution in [3.8, 4) is 0 Å². The number of carbonyl (C=O) groups excluding carboxylic acids is 1. The zero-order valence-electron chi connectivity index (χ0n) is 7.34. The van der Waals surface area contributed by atoms with Gasteiger partial charge in [-0.15, -0.1) is 0 Å². The van der Waals surface area contributed by atoms with Crippen LogP contribution in [-0.2, 0) is 14.3 Å². The molecule has 0 bridgehead atoms. The molecule has 3 atom stereocenters. The van der Waals surface area contributed by atoms with Gasteiger partial charge in [-0.1, -0.05) is 0 Å². The standard InChI is InChI=1S/C7H11BNO4/c1-4(9-8)6(11)7-5(10)2-12-3-13-7/h4,6-7,11H,2-3H2,1H3/t4-,6+,7-/m1/s1. The van der Waals surface area contributed by atoms with E-state index < -0.39 is 18.2 Å². The van der Waals surface area contributed by atoms with Gasteiger partial charge in [0.05, 0.1) is 0 Å². The Hall–Kier alpha value is -0.585. The molecule has 0 spiro atoms. The Morgan fingerprint density at radius 3 is 3.00 bits per heavy atom. The molecule has 1 N–H and O–H groups in total. The molecule has 13 heavy (non-hydrogen) atoms. The number of aliphatic hydroxyl groups is 1. The fraction of sp³-hybridized carbons (Fsp3) is 0.857. The molecule has 5 nitrogen and oxygen atoms in total. The molecule has 0 aromatic heterocycles. The Kier molecular flexibility index (Phi) is 3.71. The van der Waals surface area contributed by atoms with Crippen LogP contribution in [0.1, 0.15) is 6.92 Å². The molecule has 6 heteroatoms. The third kappa shape index (κ3) is 2.43. The Balaban J connectivity index is 2.57. The van der Waals surface area contributed by atoms with E-state index >= 15 is 0 Å². The molecule has 1 aliphatic heterocycles. The summed E-state index contributed by atoms with van der Waals surface area (Å²) in [6.07, 6.45) is -1.86. The van der Waals surface area contributed by atoms with Crippen molar-refractivity contribution >= 4 is 13.4 Å². The molecule has 0 amide bonds. The molecular weight excluding hydrogens is 173 g/mol. The molecule has 0 aliphatic carbocycles. The molecule has 1 fully saturated rings. The van der Waals surface area contributed by atoms with E-state index in [0.29, 0.717) is 0 Å². The minimum absolute atomic E-state index is 0.0186. The molecule has 1 rings (SSSR count). The summed E-state index contributed by atoms with van der Waals surface area (Å²) < 4.78 is 9.67. The number of carbonyl (C=O) groups is 1. The van der Waals surface area contributed by atoms with Crippen LogP contribution in [0.4, 0.5) is 0 Å². The summed E-state index contributed by atoms with van der Waals surface area (Å²) in [5.74, 6) is -0.283. The summed E-state index contributed by atoms with van der Waals surface area (Å²) in [7, 11) is 4.99. The van der Waals surface area contributed by atoms with E-state index in [0.717, 1.165) is 0 Å². The van der Waals surface area contributed by atoms with Gasteiger partial charge in [0.15, 0.2) is 0 Å². The summed E-state index contributed by atoms with van der Waals surface area (Å²) in [5, 5.41) is 9.54. The van der Waals surface area contributed by atoms with Crippen LogP contribution in [0.3, 0.4) is 0 Å². The molecule has 71 valence electrons. The Morgan fingerprint density at radius 1 is 1.77 bits per heavy atom. The maximum atomic E-state index is 11.2. The van der Waals surface area contributed by atoms with Gasteiger partial charge in [0.1, 0.15) is 0 Å². The van der Waals surface area contributed by atoms with E-state index in [-0.39, 0.29) is 19.2 Å². The average Bonchev–Trinajstić information content (AvgIpc) is 2.16. The fourth-order valence-corrected chi connectivity index (χ4v) is 1.07. The van der Waals surface area contributed by atoms with E-state index in [9.17, 15) is 9.90 Å². The third-order valence-electron chi connectivity index (χ3n) is 1.93. The van der Waals surface area contributed by atoms with E-state index in [4.69, 9.17) is 17.1 Å². The second kappa shape index (κ2) is 4.60. The summed E-state index contributed by atoms with van der Waals surface area (Å²) in [5.41, 5.74) is 0. The predicted octanol–water partition coefficient (Wildman–Crippen LogP) is -0.970. The van der Waals surface area contributed by atoms with Crippen molar-refractivity contribution in [3.63, 3.8) is 0 Å². The van der Waals surface area contributed by atoms with Gasteiger partial charge in [-0.25, -0.2) is 0 Å². The number of rotatable bonds is 3. The van der Waals surface area contributed by atoms with Crippen molar-refractivity contribution in [2.24, 2.45) is 4.90 Å². The van der Waals surface area contributed by atoms with Gasteiger partial charge in [-0.2, -0.15) is 0 Å². The molecule has 0 unspecified atom stereocenters. The first kappa shape index (κ1) is 10.5. The number of hydrogen-bond acceptors (Lipinski definition) is 5. The number of ether oxygens (including phenoxy) is 2. The zero-order valence-corrected chi connectivity index (χ0v) is 7.34. The molecule has 0 aromatic carbocycles. The first-order chi connectivity index (χ1) is 6.16. The first-order valence-corrected chi connectivity index (χ1v) is 3.97. The normalized spacial score (nSPS) is 28.1. The van der Waals surface area contributed by atoms with Crippen LogP contribution >= 0.6 is 0 Å². The van der Waals surface area contributed by atoms with Crippen molar-refractivity contribution < 1.29 is 19.4 Å². The Bertz CT molecular complexity index is 211. The SMILES string of the molecule is [B]=N[C@H](C)[C@H](O)[C@@H]1OCOCC1=O. The number of aliphatic hydroxyl groups excluding tert-OH is 1. The summed E-state index contributed by atoms with van der Waals surface area (Å²) in [4.78, 5) is 14.5. The van der Waals surface area contributed by atoms with Gasteiger partial charge in [-0.3, -0.25) is 0 Å². The van der Waals surface area contributed by atoms with Crippen molar-refractivity contribution in [2.45, 2.75) is 25.2 Å². The Labute approximate surface area is 77.2 Å². The summed E-state index contributed by atoms with van der Waals surface area (Å²) >= 11 is 0. The van der Waals surface area contributed by atoms with Gasteiger partial charge in [0.25, 0.3) is 0 Å². The van der Waals surface area contributed by atoms with Crippen molar-refractivity contribution in [3.05, 3.63) is 0 Å². The van der Waals surface area contributed by atoms with Crippen LogP contribution in [-0.4, -0.2) is 50.2 Å². The average molecular weight is 184 g/mol. The number of nitrogens with zero attached hydrogens (tertiary/aromatic N) is 1. The second-order valence-electron chi connectivity index (χ2n) is 2.90. The first-order valence-electron chi connectivity index (χ1n) is 3.97. The molecule has 0 aromatic rings. The van der Waals surface area contributed by atoms with Crippen LogP contribution in [0.25, 0.3) is 0 Å². The van der Waals surface area contributed by atoms with Crippen molar-refractivity contribution in [1.82, 2.24) is 0 Å². The van der Waals surface area contributed by atoms with Crippen LogP contribution in [0.5, 0.6) is 0 Å². The van der Waals surface area contributed by atoms with Crippen molar-refractivity contribution in [2.75, 3.05) is 13.4 Å².